The molecule has 0 fully saturated rings. The van der Waals surface area contributed by atoms with E-state index in [0.717, 1.165) is 21.5 Å². The van der Waals surface area contributed by atoms with E-state index < -0.39 is 4.92 Å². The van der Waals surface area contributed by atoms with Crippen LogP contribution in [-0.2, 0) is 4.79 Å². The number of nitrogens with zero attached hydrogens (tertiary/aromatic N) is 3. The number of aryl methyl sites for hydroxylation is 2. The van der Waals surface area contributed by atoms with Gasteiger partial charge in [-0.2, -0.15) is 0 Å². The molecule has 1 amide bonds. The Morgan fingerprint density at radius 1 is 1.19 bits per heavy atom. The van der Waals surface area contributed by atoms with E-state index in [0.29, 0.717) is 11.5 Å². The highest BCUT2D eigenvalue weighted by Crippen LogP contribution is 2.26. The minimum absolute atomic E-state index is 0.0593. The number of para-hydroxylation sites is 1. The Balaban J connectivity index is 1.74. The lowest BCUT2D eigenvalue weighted by atomic mass is 10.2. The summed E-state index contributed by atoms with van der Waals surface area (Å²) in [5.74, 6) is 0.530. The molecule has 0 unspecified atom stereocenters. The molecule has 0 saturated heterocycles. The molecule has 1 aromatic heterocycles. The average molecular weight is 368 g/mol. The summed E-state index contributed by atoms with van der Waals surface area (Å²) < 4.78 is 0. The second-order valence-corrected chi connectivity index (χ2v) is 6.65. The molecule has 3 aromatic rings. The molecule has 1 heterocycles. The second kappa shape index (κ2) is 7.49. The van der Waals surface area contributed by atoms with Crippen molar-refractivity contribution in [1.29, 1.82) is 0 Å². The van der Waals surface area contributed by atoms with Gasteiger partial charge in [0.1, 0.15) is 10.9 Å². The van der Waals surface area contributed by atoms with E-state index in [2.05, 4.69) is 15.3 Å². The number of hydrogen-bond acceptors (Lipinski definition) is 6. The van der Waals surface area contributed by atoms with E-state index >= 15 is 0 Å². The van der Waals surface area contributed by atoms with Crippen molar-refractivity contribution in [3.8, 4) is 0 Å². The van der Waals surface area contributed by atoms with Gasteiger partial charge in [-0.05, 0) is 25.5 Å². The standard InChI is InChI=1S/C18H16N4O3S/c1-11-7-8-13(22(24)25)9-16(11)21-17(23)10-26-18-14-5-3-4-6-15(14)19-12(2)20-18/h3-9H,10H2,1-2H3,(H,21,23). The fraction of sp³-hybridized carbons (Fsp3) is 0.167. The van der Waals surface area contributed by atoms with Gasteiger partial charge in [-0.25, -0.2) is 9.97 Å². The van der Waals surface area contributed by atoms with E-state index in [1.165, 1.54) is 23.9 Å². The molecule has 0 bridgehead atoms. The van der Waals surface area contributed by atoms with Crippen LogP contribution in [0.1, 0.15) is 11.4 Å². The maximum Gasteiger partial charge on any atom is 0.271 e. The summed E-state index contributed by atoms with van der Waals surface area (Å²) in [6.45, 7) is 3.59. The molecule has 8 heteroatoms. The van der Waals surface area contributed by atoms with Crippen molar-refractivity contribution in [2.45, 2.75) is 18.9 Å². The Labute approximate surface area is 154 Å². The monoisotopic (exact) mass is 368 g/mol. The molecule has 0 aliphatic heterocycles. The van der Waals surface area contributed by atoms with Crippen molar-refractivity contribution >= 4 is 39.9 Å². The van der Waals surface area contributed by atoms with Gasteiger partial charge in [0, 0.05) is 17.5 Å². The normalized spacial score (nSPS) is 10.7. The fourth-order valence-corrected chi connectivity index (χ4v) is 3.31. The van der Waals surface area contributed by atoms with Gasteiger partial charge in [-0.15, -0.1) is 0 Å². The molecular formula is C18H16N4O3S. The van der Waals surface area contributed by atoms with Crippen molar-refractivity contribution in [2.24, 2.45) is 0 Å². The third-order valence-electron chi connectivity index (χ3n) is 3.73. The highest BCUT2D eigenvalue weighted by molar-refractivity contribution is 8.00. The summed E-state index contributed by atoms with van der Waals surface area (Å²) in [4.78, 5) is 31.5. The lowest BCUT2D eigenvalue weighted by Crippen LogP contribution is -2.15. The van der Waals surface area contributed by atoms with Gasteiger partial charge in [0.05, 0.1) is 21.9 Å². The molecule has 0 radical (unpaired) electrons. The third kappa shape index (κ3) is 3.97. The topological polar surface area (TPSA) is 98.0 Å². The number of hydrogen-bond donors (Lipinski definition) is 1. The van der Waals surface area contributed by atoms with Crippen LogP contribution in [0.15, 0.2) is 47.5 Å². The average Bonchev–Trinajstić information content (AvgIpc) is 2.61. The maximum absolute atomic E-state index is 12.3. The summed E-state index contributed by atoms with van der Waals surface area (Å²) >= 11 is 1.31. The number of thioether (sulfide) groups is 1. The van der Waals surface area contributed by atoms with Crippen molar-refractivity contribution in [3.63, 3.8) is 0 Å². The highest BCUT2D eigenvalue weighted by Gasteiger charge is 2.13. The van der Waals surface area contributed by atoms with Gasteiger partial charge in [0.15, 0.2) is 0 Å². The molecule has 0 spiro atoms. The number of benzene rings is 2. The number of fused-ring (bicyclic) bond motifs is 1. The number of nitro benzene ring substituents is 1. The molecule has 2 aromatic carbocycles. The van der Waals surface area contributed by atoms with Gasteiger partial charge in [0.2, 0.25) is 5.91 Å². The summed E-state index contributed by atoms with van der Waals surface area (Å²) in [5, 5.41) is 15.2. The first-order chi connectivity index (χ1) is 12.4. The van der Waals surface area contributed by atoms with Crippen LogP contribution in [0.2, 0.25) is 0 Å². The van der Waals surface area contributed by atoms with E-state index in [1.54, 1.807) is 13.0 Å². The van der Waals surface area contributed by atoms with Crippen molar-refractivity contribution < 1.29 is 9.72 Å². The Hall–Kier alpha value is -3.00. The molecule has 0 saturated carbocycles. The van der Waals surface area contributed by atoms with Crippen LogP contribution < -0.4 is 5.32 Å². The first-order valence-corrected chi connectivity index (χ1v) is 8.83. The van der Waals surface area contributed by atoms with Gasteiger partial charge in [-0.3, -0.25) is 14.9 Å². The quantitative estimate of drug-likeness (QED) is 0.317. The largest absolute Gasteiger partial charge is 0.325 e. The van der Waals surface area contributed by atoms with Crippen LogP contribution in [-0.4, -0.2) is 26.6 Å². The number of rotatable bonds is 5. The summed E-state index contributed by atoms with van der Waals surface area (Å²) in [6.07, 6.45) is 0. The predicted octanol–water partition coefficient (Wildman–Crippen LogP) is 3.89. The molecular weight excluding hydrogens is 352 g/mol. The lowest BCUT2D eigenvalue weighted by molar-refractivity contribution is -0.384. The summed E-state index contributed by atoms with van der Waals surface area (Å²) in [6, 6.07) is 12.0. The Morgan fingerprint density at radius 2 is 1.96 bits per heavy atom. The number of anilines is 1. The van der Waals surface area contributed by atoms with Gasteiger partial charge in [0.25, 0.3) is 5.69 Å². The second-order valence-electron chi connectivity index (χ2n) is 5.69. The van der Waals surface area contributed by atoms with E-state index in [9.17, 15) is 14.9 Å². The smallest absolute Gasteiger partial charge is 0.271 e. The lowest BCUT2D eigenvalue weighted by Gasteiger charge is -2.09. The fourth-order valence-electron chi connectivity index (χ4n) is 2.45. The Kier molecular flexibility index (Phi) is 5.13. The first-order valence-electron chi connectivity index (χ1n) is 7.85. The molecule has 3 rings (SSSR count). The predicted molar refractivity (Wildman–Crippen MR) is 101 cm³/mol. The number of carbonyl (C=O) groups excluding carboxylic acids is 1. The molecule has 0 aliphatic rings. The van der Waals surface area contributed by atoms with Crippen LogP contribution in [0.5, 0.6) is 0 Å². The Morgan fingerprint density at radius 3 is 2.73 bits per heavy atom. The van der Waals surface area contributed by atoms with Crippen LogP contribution in [0.3, 0.4) is 0 Å². The van der Waals surface area contributed by atoms with Crippen LogP contribution in [0.25, 0.3) is 10.9 Å². The van der Waals surface area contributed by atoms with Gasteiger partial charge >= 0.3 is 0 Å². The molecule has 26 heavy (non-hydrogen) atoms. The Bertz CT molecular complexity index is 1010. The van der Waals surface area contributed by atoms with Crippen molar-refractivity contribution in [3.05, 3.63) is 64.0 Å². The number of nitro groups is 1. The molecule has 1 N–H and O–H groups in total. The number of amides is 1. The third-order valence-corrected chi connectivity index (χ3v) is 4.72. The van der Waals surface area contributed by atoms with Crippen molar-refractivity contribution in [2.75, 3.05) is 11.1 Å². The molecule has 0 aliphatic carbocycles. The minimum atomic E-state index is -0.486. The van der Waals surface area contributed by atoms with Gasteiger partial charge < -0.3 is 5.32 Å². The maximum atomic E-state index is 12.3. The van der Waals surface area contributed by atoms with Crippen LogP contribution in [0.4, 0.5) is 11.4 Å². The number of carbonyl (C=O) groups is 1. The highest BCUT2D eigenvalue weighted by atomic mass is 32.2. The van der Waals surface area contributed by atoms with Crippen molar-refractivity contribution in [1.82, 2.24) is 9.97 Å². The number of non-ortho nitro benzene ring substituents is 1. The zero-order chi connectivity index (χ0) is 18.7. The van der Waals surface area contributed by atoms with E-state index in [-0.39, 0.29) is 17.3 Å². The molecule has 7 nitrogen and oxygen atoms in total. The van der Waals surface area contributed by atoms with Crippen LogP contribution in [0, 0.1) is 24.0 Å². The zero-order valence-corrected chi connectivity index (χ0v) is 15.0. The molecule has 0 atom stereocenters. The minimum Gasteiger partial charge on any atom is -0.325 e. The summed E-state index contributed by atoms with van der Waals surface area (Å²) in [5.41, 5.74) is 1.97. The van der Waals surface area contributed by atoms with Crippen LogP contribution >= 0.6 is 11.8 Å². The zero-order valence-electron chi connectivity index (χ0n) is 14.2. The van der Waals surface area contributed by atoms with Gasteiger partial charge in [-0.1, -0.05) is 36.0 Å². The number of nitrogens with one attached hydrogen (secondary N) is 1. The SMILES string of the molecule is Cc1nc(SCC(=O)Nc2cc([N+](=O)[O-])ccc2C)c2ccccc2n1. The van der Waals surface area contributed by atoms with E-state index in [4.69, 9.17) is 0 Å². The summed E-state index contributed by atoms with van der Waals surface area (Å²) in [7, 11) is 0. The van der Waals surface area contributed by atoms with E-state index in [1.807, 2.05) is 31.2 Å². The first kappa shape index (κ1) is 17.8. The molecule has 132 valence electrons. The number of aromatic nitrogens is 2.